The van der Waals surface area contributed by atoms with E-state index in [0.717, 1.165) is 42.8 Å². The van der Waals surface area contributed by atoms with E-state index < -0.39 is 27.6 Å². The number of nitrogens with one attached hydrogen (secondary N) is 1. The number of piperazine rings is 1. The number of benzene rings is 2. The molecule has 2 heterocycles. The van der Waals surface area contributed by atoms with E-state index in [1.807, 2.05) is 17.7 Å². The second-order valence-corrected chi connectivity index (χ2v) is 11.6. The zero-order valence-electron chi connectivity index (χ0n) is 20.4. The number of hydrogen-bond acceptors (Lipinski definition) is 6. The normalized spacial score (nSPS) is 15.7. The lowest BCUT2D eigenvalue weighted by molar-refractivity contribution is -0.134. The first-order chi connectivity index (χ1) is 17.0. The average Bonchev–Trinajstić information content (AvgIpc) is 3.16. The first-order valence-electron chi connectivity index (χ1n) is 11.5. The number of aryl methyl sites for hydroxylation is 1. The number of amides is 1. The molecule has 0 spiro atoms. The molecule has 0 radical (unpaired) electrons. The van der Waals surface area contributed by atoms with E-state index in [1.54, 1.807) is 25.1 Å². The van der Waals surface area contributed by atoms with Gasteiger partial charge in [0.1, 0.15) is 5.69 Å². The van der Waals surface area contributed by atoms with Crippen molar-refractivity contribution in [3.63, 3.8) is 0 Å². The Morgan fingerprint density at radius 3 is 2.31 bits per heavy atom. The van der Waals surface area contributed by atoms with Gasteiger partial charge in [-0.2, -0.15) is 0 Å². The lowest BCUT2D eigenvalue weighted by Gasteiger charge is -2.34. The van der Waals surface area contributed by atoms with Gasteiger partial charge in [-0.3, -0.25) is 9.59 Å². The van der Waals surface area contributed by atoms with E-state index in [0.29, 0.717) is 16.3 Å². The van der Waals surface area contributed by atoms with Gasteiger partial charge in [-0.1, -0.05) is 23.7 Å². The number of rotatable bonds is 7. The van der Waals surface area contributed by atoms with Crippen molar-refractivity contribution in [1.82, 2.24) is 14.8 Å². The Kier molecular flexibility index (Phi) is 7.31. The second-order valence-electron chi connectivity index (χ2n) is 9.16. The minimum Gasteiger partial charge on any atom is -0.480 e. The topological polar surface area (TPSA) is 112 Å². The molecular weight excluding hydrogens is 504 g/mol. The molecule has 1 aliphatic heterocycles. The average molecular weight is 533 g/mol. The SMILES string of the molecule is CC(NC(=O)c1cc2c(Cl)cc(N3CCN(C)CC3)cc2n1C)c1ccc(S(=O)(=O)CC(=O)O)cc1. The van der Waals surface area contributed by atoms with E-state index >= 15 is 0 Å². The van der Waals surface area contributed by atoms with Gasteiger partial charge in [-0.15, -0.1) is 0 Å². The fourth-order valence-corrected chi connectivity index (χ4v) is 5.71. The van der Waals surface area contributed by atoms with Crippen LogP contribution >= 0.6 is 11.6 Å². The van der Waals surface area contributed by atoms with Crippen molar-refractivity contribution in [2.75, 3.05) is 43.9 Å². The highest BCUT2D eigenvalue weighted by Gasteiger charge is 2.22. The lowest BCUT2D eigenvalue weighted by Crippen LogP contribution is -2.44. The summed E-state index contributed by atoms with van der Waals surface area (Å²) in [5.41, 5.74) is 3.03. The highest BCUT2D eigenvalue weighted by molar-refractivity contribution is 7.92. The van der Waals surface area contributed by atoms with Crippen LogP contribution in [0.2, 0.25) is 5.02 Å². The summed E-state index contributed by atoms with van der Waals surface area (Å²) in [6.45, 7) is 5.55. The van der Waals surface area contributed by atoms with Crippen LogP contribution in [-0.4, -0.2) is 73.8 Å². The molecule has 192 valence electrons. The van der Waals surface area contributed by atoms with Crippen LogP contribution < -0.4 is 10.2 Å². The van der Waals surface area contributed by atoms with Gasteiger partial charge in [0.05, 0.1) is 21.5 Å². The third kappa shape index (κ3) is 5.35. The molecule has 4 rings (SSSR count). The highest BCUT2D eigenvalue weighted by Crippen LogP contribution is 2.32. The molecule has 2 N–H and O–H groups in total. The fraction of sp³-hybridized carbons (Fsp3) is 0.360. The number of carboxylic acid groups (broad SMARTS) is 1. The van der Waals surface area contributed by atoms with Crippen LogP contribution in [0.5, 0.6) is 0 Å². The molecule has 11 heteroatoms. The molecule has 0 aliphatic carbocycles. The van der Waals surface area contributed by atoms with E-state index in [2.05, 4.69) is 28.2 Å². The summed E-state index contributed by atoms with van der Waals surface area (Å²) >= 11 is 6.62. The fourth-order valence-electron chi connectivity index (χ4n) is 4.40. The van der Waals surface area contributed by atoms with Gasteiger partial charge in [-0.05, 0) is 49.9 Å². The number of carboxylic acids is 1. The predicted molar refractivity (Wildman–Crippen MR) is 140 cm³/mol. The second kappa shape index (κ2) is 10.1. The molecule has 0 saturated carbocycles. The molecule has 36 heavy (non-hydrogen) atoms. The van der Waals surface area contributed by atoms with Gasteiger partial charge < -0.3 is 24.8 Å². The van der Waals surface area contributed by atoms with Crippen molar-refractivity contribution < 1.29 is 23.1 Å². The summed E-state index contributed by atoms with van der Waals surface area (Å²) < 4.78 is 26.0. The highest BCUT2D eigenvalue weighted by atomic mass is 35.5. The Labute approximate surface area is 215 Å². The van der Waals surface area contributed by atoms with E-state index in [9.17, 15) is 18.0 Å². The summed E-state index contributed by atoms with van der Waals surface area (Å²) in [5, 5.41) is 13.1. The van der Waals surface area contributed by atoms with Crippen LogP contribution in [0.25, 0.3) is 10.9 Å². The van der Waals surface area contributed by atoms with Gasteiger partial charge >= 0.3 is 5.97 Å². The van der Waals surface area contributed by atoms with Gasteiger partial charge in [0, 0.05) is 44.3 Å². The van der Waals surface area contributed by atoms with Crippen molar-refractivity contribution in [3.8, 4) is 0 Å². The molecule has 2 aromatic carbocycles. The molecule has 0 bridgehead atoms. The van der Waals surface area contributed by atoms with Crippen LogP contribution in [0.4, 0.5) is 5.69 Å². The quantitative estimate of drug-likeness (QED) is 0.481. The number of carbonyl (C=O) groups excluding carboxylic acids is 1. The number of hydrogen-bond donors (Lipinski definition) is 2. The maximum atomic E-state index is 13.1. The maximum absolute atomic E-state index is 13.1. The van der Waals surface area contributed by atoms with Crippen molar-refractivity contribution in [2.45, 2.75) is 17.9 Å². The Morgan fingerprint density at radius 1 is 1.06 bits per heavy atom. The number of aromatic nitrogens is 1. The summed E-state index contributed by atoms with van der Waals surface area (Å²) in [7, 11) is 0.0153. The lowest BCUT2D eigenvalue weighted by atomic mass is 10.1. The molecular formula is C25H29ClN4O5S. The van der Waals surface area contributed by atoms with Crippen molar-refractivity contribution >= 4 is 49.9 Å². The van der Waals surface area contributed by atoms with Crippen molar-refractivity contribution in [1.29, 1.82) is 0 Å². The number of aliphatic carboxylic acids is 1. The Hall–Kier alpha value is -3.08. The summed E-state index contributed by atoms with van der Waals surface area (Å²) in [6.07, 6.45) is 0. The van der Waals surface area contributed by atoms with Crippen LogP contribution in [0.3, 0.4) is 0 Å². The number of sulfone groups is 1. The summed E-state index contributed by atoms with van der Waals surface area (Å²) in [5.74, 6) is -2.68. The number of carbonyl (C=O) groups is 2. The summed E-state index contributed by atoms with van der Waals surface area (Å²) in [4.78, 5) is 28.4. The zero-order valence-corrected chi connectivity index (χ0v) is 21.9. The first-order valence-corrected chi connectivity index (χ1v) is 13.6. The van der Waals surface area contributed by atoms with Gasteiger partial charge in [0.25, 0.3) is 5.91 Å². The zero-order chi connectivity index (χ0) is 26.2. The van der Waals surface area contributed by atoms with Crippen LogP contribution in [-0.2, 0) is 21.7 Å². The number of nitrogens with zero attached hydrogens (tertiary/aromatic N) is 3. The largest absolute Gasteiger partial charge is 0.480 e. The molecule has 1 aromatic heterocycles. The first kappa shape index (κ1) is 26.0. The minimum absolute atomic E-state index is 0.0772. The molecule has 1 atom stereocenters. The summed E-state index contributed by atoms with van der Waals surface area (Å²) in [6, 6.07) is 11.2. The number of fused-ring (bicyclic) bond motifs is 1. The van der Waals surface area contributed by atoms with Crippen LogP contribution in [0.1, 0.15) is 29.0 Å². The maximum Gasteiger partial charge on any atom is 0.319 e. The Balaban J connectivity index is 1.53. The monoisotopic (exact) mass is 532 g/mol. The van der Waals surface area contributed by atoms with Gasteiger partial charge in [0.15, 0.2) is 15.6 Å². The van der Waals surface area contributed by atoms with E-state index in [1.165, 1.54) is 12.1 Å². The standard InChI is InChI=1S/C25H29ClN4O5S/c1-16(17-4-6-19(7-5-17)36(34,35)15-24(31)32)27-25(33)23-14-20-21(26)12-18(13-22(20)29(23)3)30-10-8-28(2)9-11-30/h4-7,12-14,16H,8-11,15H2,1-3H3,(H,27,33)(H,31,32). The van der Waals surface area contributed by atoms with E-state index in [4.69, 9.17) is 16.7 Å². The van der Waals surface area contributed by atoms with Crippen molar-refractivity contribution in [2.24, 2.45) is 7.05 Å². The van der Waals surface area contributed by atoms with Gasteiger partial charge in [-0.25, -0.2) is 8.42 Å². The molecule has 1 amide bonds. The molecule has 1 fully saturated rings. The number of anilines is 1. The molecule has 1 unspecified atom stereocenters. The molecule has 1 saturated heterocycles. The Bertz CT molecular complexity index is 1410. The number of halogens is 1. The van der Waals surface area contributed by atoms with E-state index in [-0.39, 0.29) is 10.8 Å². The minimum atomic E-state index is -3.92. The van der Waals surface area contributed by atoms with Gasteiger partial charge in [0.2, 0.25) is 0 Å². The smallest absolute Gasteiger partial charge is 0.319 e. The number of likely N-dealkylation sites (N-methyl/N-ethyl adjacent to an activating group) is 1. The Morgan fingerprint density at radius 2 is 1.69 bits per heavy atom. The molecule has 3 aromatic rings. The third-order valence-corrected chi connectivity index (χ3v) is 8.53. The molecule has 1 aliphatic rings. The van der Waals surface area contributed by atoms with Crippen molar-refractivity contribution in [3.05, 3.63) is 58.7 Å². The van der Waals surface area contributed by atoms with Crippen LogP contribution in [0, 0.1) is 0 Å². The molecule has 9 nitrogen and oxygen atoms in total. The van der Waals surface area contributed by atoms with Crippen LogP contribution in [0.15, 0.2) is 47.4 Å². The third-order valence-electron chi connectivity index (χ3n) is 6.60. The predicted octanol–water partition coefficient (Wildman–Crippen LogP) is 2.93.